The maximum absolute atomic E-state index is 13.5. The maximum Gasteiger partial charge on any atom is 0.255 e. The van der Waals surface area contributed by atoms with Crippen molar-refractivity contribution in [2.45, 2.75) is 26.5 Å². The molecule has 4 aromatic rings. The molecule has 0 saturated heterocycles. The van der Waals surface area contributed by atoms with E-state index in [2.05, 4.69) is 38.3 Å². The van der Waals surface area contributed by atoms with Crippen LogP contribution in [-0.2, 0) is 11.4 Å². The molecule has 0 bridgehead atoms. The second-order valence-corrected chi connectivity index (χ2v) is 8.52. The second kappa shape index (κ2) is 9.91. The molecule has 0 fully saturated rings. The van der Waals surface area contributed by atoms with Crippen molar-refractivity contribution >= 4 is 17.5 Å². The number of ether oxygens (including phenoxy) is 2. The standard InChI is InChI=1S/C27H26N6O3/c1-17-9-11-19(12-10-17)16-36-22-14-13-20(15-23(22)35-3)25-24(18(2)28-27-30-31-32-33(25)27)26(34)29-21-7-5-4-6-8-21/h4-15,25H,16H2,1-3H3,(H,29,34)(H,28,30,32). The average molecular weight is 483 g/mol. The number of rotatable bonds is 7. The van der Waals surface area contributed by atoms with Gasteiger partial charge in [-0.3, -0.25) is 4.79 Å². The topological polar surface area (TPSA) is 103 Å². The van der Waals surface area contributed by atoms with E-state index in [4.69, 9.17) is 9.47 Å². The quantitative estimate of drug-likeness (QED) is 0.400. The van der Waals surface area contributed by atoms with Gasteiger partial charge in [0.1, 0.15) is 12.6 Å². The van der Waals surface area contributed by atoms with E-state index in [1.165, 1.54) is 5.56 Å². The number of nitrogens with zero attached hydrogens (tertiary/aromatic N) is 4. The molecule has 36 heavy (non-hydrogen) atoms. The third-order valence-corrected chi connectivity index (χ3v) is 6.01. The lowest BCUT2D eigenvalue weighted by Gasteiger charge is -2.28. The minimum absolute atomic E-state index is 0.254. The van der Waals surface area contributed by atoms with Gasteiger partial charge in [0.2, 0.25) is 5.95 Å². The van der Waals surface area contributed by atoms with E-state index in [1.54, 1.807) is 11.8 Å². The van der Waals surface area contributed by atoms with E-state index >= 15 is 0 Å². The first-order chi connectivity index (χ1) is 17.5. The smallest absolute Gasteiger partial charge is 0.255 e. The molecule has 1 atom stereocenters. The zero-order valence-electron chi connectivity index (χ0n) is 20.2. The number of hydrogen-bond acceptors (Lipinski definition) is 7. The van der Waals surface area contributed by atoms with Crippen molar-refractivity contribution < 1.29 is 14.3 Å². The van der Waals surface area contributed by atoms with Crippen LogP contribution in [0.3, 0.4) is 0 Å². The minimum atomic E-state index is -0.569. The lowest BCUT2D eigenvalue weighted by molar-refractivity contribution is -0.113. The summed E-state index contributed by atoms with van der Waals surface area (Å²) in [6.45, 7) is 4.29. The van der Waals surface area contributed by atoms with Crippen molar-refractivity contribution in [1.82, 2.24) is 20.2 Å². The molecule has 0 saturated carbocycles. The molecule has 3 aromatic carbocycles. The summed E-state index contributed by atoms with van der Waals surface area (Å²) < 4.78 is 13.3. The van der Waals surface area contributed by atoms with Gasteiger partial charge in [-0.15, -0.1) is 0 Å². The summed E-state index contributed by atoms with van der Waals surface area (Å²) in [7, 11) is 1.59. The Labute approximate surface area is 208 Å². The molecular formula is C27H26N6O3. The Morgan fingerprint density at radius 2 is 1.81 bits per heavy atom. The van der Waals surface area contributed by atoms with E-state index in [-0.39, 0.29) is 5.91 Å². The first-order valence-corrected chi connectivity index (χ1v) is 11.5. The van der Waals surface area contributed by atoms with Gasteiger partial charge in [0, 0.05) is 11.4 Å². The monoisotopic (exact) mass is 482 g/mol. The normalized spacial score (nSPS) is 14.6. The number of nitrogens with one attached hydrogen (secondary N) is 2. The van der Waals surface area contributed by atoms with E-state index in [0.29, 0.717) is 41.0 Å². The molecule has 9 heteroatoms. The lowest BCUT2D eigenvalue weighted by Crippen LogP contribution is -2.31. The summed E-state index contributed by atoms with van der Waals surface area (Å²) in [6, 6.07) is 22.5. The zero-order valence-corrected chi connectivity index (χ0v) is 20.2. The third kappa shape index (κ3) is 4.63. The highest BCUT2D eigenvalue weighted by atomic mass is 16.5. The van der Waals surface area contributed by atoms with Crippen molar-refractivity contribution in [3.8, 4) is 11.5 Å². The predicted molar refractivity (Wildman–Crippen MR) is 136 cm³/mol. The average Bonchev–Trinajstić information content (AvgIpc) is 3.36. The van der Waals surface area contributed by atoms with Crippen LogP contribution in [0.4, 0.5) is 11.6 Å². The number of allylic oxidation sites excluding steroid dienone is 1. The van der Waals surface area contributed by atoms with Gasteiger partial charge in [-0.25, -0.2) is 0 Å². The number of anilines is 2. The highest BCUT2D eigenvalue weighted by molar-refractivity contribution is 6.06. The van der Waals surface area contributed by atoms with Crippen molar-refractivity contribution in [3.63, 3.8) is 0 Å². The van der Waals surface area contributed by atoms with Crippen LogP contribution in [0.15, 0.2) is 84.1 Å². The van der Waals surface area contributed by atoms with Crippen LogP contribution in [-0.4, -0.2) is 33.2 Å². The second-order valence-electron chi connectivity index (χ2n) is 8.52. The number of benzene rings is 3. The number of carbonyl (C=O) groups excluding carboxylic acids is 1. The number of methoxy groups -OCH3 is 1. The SMILES string of the molecule is COc1cc(C2C(C(=O)Nc3ccccc3)=C(C)Nc3nnnn32)ccc1OCc1ccc(C)cc1. The van der Waals surface area contributed by atoms with E-state index < -0.39 is 6.04 Å². The van der Waals surface area contributed by atoms with Gasteiger partial charge in [-0.05, 0) is 59.7 Å². The predicted octanol–water partition coefficient (Wildman–Crippen LogP) is 4.50. The molecule has 5 rings (SSSR count). The zero-order chi connectivity index (χ0) is 25.1. The molecule has 2 heterocycles. The summed E-state index contributed by atoms with van der Waals surface area (Å²) >= 11 is 0. The number of hydrogen-bond donors (Lipinski definition) is 2. The molecule has 1 aliphatic heterocycles. The van der Waals surface area contributed by atoms with E-state index in [0.717, 1.165) is 11.1 Å². The highest BCUT2D eigenvalue weighted by Gasteiger charge is 2.34. The van der Waals surface area contributed by atoms with Gasteiger partial charge in [0.05, 0.1) is 12.7 Å². The molecule has 9 nitrogen and oxygen atoms in total. The van der Waals surface area contributed by atoms with Crippen LogP contribution in [0.2, 0.25) is 0 Å². The Morgan fingerprint density at radius 1 is 1.03 bits per heavy atom. The Balaban J connectivity index is 1.47. The van der Waals surface area contributed by atoms with Gasteiger partial charge < -0.3 is 20.1 Å². The molecule has 182 valence electrons. The Bertz CT molecular complexity index is 1410. The minimum Gasteiger partial charge on any atom is -0.493 e. The fraction of sp³-hybridized carbons (Fsp3) is 0.185. The Kier molecular flexibility index (Phi) is 6.36. The first-order valence-electron chi connectivity index (χ1n) is 11.5. The molecule has 0 spiro atoms. The molecule has 1 amide bonds. The first kappa shape index (κ1) is 23.1. The summed E-state index contributed by atoms with van der Waals surface area (Å²) in [6.07, 6.45) is 0. The van der Waals surface area contributed by atoms with Gasteiger partial charge in [-0.1, -0.05) is 59.2 Å². The molecule has 1 unspecified atom stereocenters. The van der Waals surface area contributed by atoms with E-state index in [1.807, 2.05) is 74.5 Å². The number of para-hydroxylation sites is 1. The number of amides is 1. The Morgan fingerprint density at radius 3 is 2.56 bits per heavy atom. The fourth-order valence-electron chi connectivity index (χ4n) is 4.15. The van der Waals surface area contributed by atoms with Crippen molar-refractivity contribution in [3.05, 3.63) is 101 Å². The van der Waals surface area contributed by atoms with Crippen molar-refractivity contribution in [2.75, 3.05) is 17.7 Å². The van der Waals surface area contributed by atoms with Crippen LogP contribution in [0, 0.1) is 6.92 Å². The Hall–Kier alpha value is -4.66. The van der Waals surface area contributed by atoms with Gasteiger partial charge >= 0.3 is 0 Å². The van der Waals surface area contributed by atoms with Gasteiger partial charge in [0.25, 0.3) is 5.91 Å². The van der Waals surface area contributed by atoms with Gasteiger partial charge in [-0.2, -0.15) is 4.68 Å². The summed E-state index contributed by atoms with van der Waals surface area (Å²) in [5.41, 5.74) is 4.88. The fourth-order valence-corrected chi connectivity index (χ4v) is 4.15. The summed E-state index contributed by atoms with van der Waals surface area (Å²) in [5.74, 6) is 1.35. The van der Waals surface area contributed by atoms with Crippen molar-refractivity contribution in [1.29, 1.82) is 0 Å². The molecule has 0 radical (unpaired) electrons. The maximum atomic E-state index is 13.5. The van der Waals surface area contributed by atoms with Crippen LogP contribution in [0.5, 0.6) is 11.5 Å². The number of tetrazole rings is 1. The highest BCUT2D eigenvalue weighted by Crippen LogP contribution is 2.38. The van der Waals surface area contributed by atoms with Crippen LogP contribution in [0.25, 0.3) is 0 Å². The number of aryl methyl sites for hydroxylation is 1. The number of carbonyl (C=O) groups is 1. The third-order valence-electron chi connectivity index (χ3n) is 6.01. The molecule has 1 aromatic heterocycles. The van der Waals surface area contributed by atoms with Gasteiger partial charge in [0.15, 0.2) is 11.5 Å². The molecule has 2 N–H and O–H groups in total. The van der Waals surface area contributed by atoms with Crippen LogP contribution >= 0.6 is 0 Å². The lowest BCUT2D eigenvalue weighted by atomic mass is 9.94. The summed E-state index contributed by atoms with van der Waals surface area (Å²) in [5, 5.41) is 18.1. The number of aromatic nitrogens is 4. The van der Waals surface area contributed by atoms with E-state index in [9.17, 15) is 4.79 Å². The van der Waals surface area contributed by atoms with Crippen LogP contribution < -0.4 is 20.1 Å². The van der Waals surface area contributed by atoms with Crippen molar-refractivity contribution in [2.24, 2.45) is 0 Å². The summed E-state index contributed by atoms with van der Waals surface area (Å²) in [4.78, 5) is 13.5. The van der Waals surface area contributed by atoms with Crippen LogP contribution in [0.1, 0.15) is 29.7 Å². The number of fused-ring (bicyclic) bond motifs is 1. The molecule has 1 aliphatic rings. The molecular weight excluding hydrogens is 456 g/mol. The largest absolute Gasteiger partial charge is 0.493 e. The molecule has 0 aliphatic carbocycles.